The Morgan fingerprint density at radius 1 is 0.964 bits per heavy atom. The average Bonchev–Trinajstić information content (AvgIpc) is 2.94. The lowest BCUT2D eigenvalue weighted by Gasteiger charge is -2.22. The summed E-state index contributed by atoms with van der Waals surface area (Å²) >= 11 is 0. The zero-order valence-electron chi connectivity index (χ0n) is 16.3. The minimum atomic E-state index is -0.391. The number of imide groups is 1. The molecule has 3 rings (SSSR count). The zero-order valence-corrected chi connectivity index (χ0v) is 16.3. The molecule has 7 heteroatoms. The highest BCUT2D eigenvalue weighted by molar-refractivity contribution is 6.21. The fourth-order valence-corrected chi connectivity index (χ4v) is 3.20. The van der Waals surface area contributed by atoms with E-state index in [9.17, 15) is 14.4 Å². The van der Waals surface area contributed by atoms with Crippen LogP contribution in [0.25, 0.3) is 0 Å². The third kappa shape index (κ3) is 3.31. The predicted molar refractivity (Wildman–Crippen MR) is 103 cm³/mol. The largest absolute Gasteiger partial charge is 0.493 e. The average molecular weight is 382 g/mol. The van der Waals surface area contributed by atoms with E-state index >= 15 is 0 Å². The Morgan fingerprint density at radius 3 is 2.29 bits per heavy atom. The van der Waals surface area contributed by atoms with Crippen molar-refractivity contribution in [1.82, 2.24) is 9.80 Å². The number of carbonyl (C=O) groups excluding carboxylic acids is 3. The first kappa shape index (κ1) is 19.4. The summed E-state index contributed by atoms with van der Waals surface area (Å²) in [7, 11) is 4.56. The molecule has 0 radical (unpaired) electrons. The van der Waals surface area contributed by atoms with Gasteiger partial charge in [-0.2, -0.15) is 0 Å². The number of ether oxygens (including phenoxy) is 2. The normalized spacial score (nSPS) is 12.8. The van der Waals surface area contributed by atoms with Gasteiger partial charge in [0, 0.05) is 25.7 Å². The molecule has 0 aliphatic carbocycles. The van der Waals surface area contributed by atoms with Crippen LogP contribution in [0.4, 0.5) is 0 Å². The van der Waals surface area contributed by atoms with E-state index in [4.69, 9.17) is 9.47 Å². The first-order chi connectivity index (χ1) is 13.4. The topological polar surface area (TPSA) is 76.2 Å². The molecule has 0 N–H and O–H groups in total. The maximum atomic E-state index is 13.0. The van der Waals surface area contributed by atoms with E-state index in [1.165, 1.54) is 19.2 Å². The number of amides is 3. The van der Waals surface area contributed by atoms with Crippen molar-refractivity contribution in [3.8, 4) is 11.5 Å². The third-order valence-electron chi connectivity index (χ3n) is 4.83. The van der Waals surface area contributed by atoms with Crippen molar-refractivity contribution in [1.29, 1.82) is 0 Å². The van der Waals surface area contributed by atoms with Crippen LogP contribution in [0.2, 0.25) is 0 Å². The van der Waals surface area contributed by atoms with Crippen LogP contribution in [0.3, 0.4) is 0 Å². The fourth-order valence-electron chi connectivity index (χ4n) is 3.20. The Kier molecular flexibility index (Phi) is 5.35. The Bertz CT molecular complexity index is 954. The van der Waals surface area contributed by atoms with Gasteiger partial charge in [-0.15, -0.1) is 0 Å². The first-order valence-corrected chi connectivity index (χ1v) is 8.87. The molecular formula is C21H22N2O5. The Labute approximate surface area is 163 Å². The second-order valence-corrected chi connectivity index (χ2v) is 6.44. The summed E-state index contributed by atoms with van der Waals surface area (Å²) < 4.78 is 10.6. The monoisotopic (exact) mass is 382 g/mol. The summed E-state index contributed by atoms with van der Waals surface area (Å²) in [5.41, 5.74) is 1.85. The molecule has 1 aliphatic rings. The van der Waals surface area contributed by atoms with Gasteiger partial charge in [0.1, 0.15) is 0 Å². The van der Waals surface area contributed by atoms with Gasteiger partial charge in [-0.3, -0.25) is 19.3 Å². The predicted octanol–water partition coefficient (Wildman–Crippen LogP) is 2.59. The highest BCUT2D eigenvalue weighted by Crippen LogP contribution is 2.28. The van der Waals surface area contributed by atoms with Gasteiger partial charge in [-0.25, -0.2) is 0 Å². The summed E-state index contributed by atoms with van der Waals surface area (Å²) in [5, 5.41) is 0. The highest BCUT2D eigenvalue weighted by atomic mass is 16.5. The molecule has 0 fully saturated rings. The molecule has 3 amide bonds. The summed E-state index contributed by atoms with van der Waals surface area (Å²) in [6, 6.07) is 10.1. The minimum Gasteiger partial charge on any atom is -0.493 e. The third-order valence-corrected chi connectivity index (χ3v) is 4.83. The quantitative estimate of drug-likeness (QED) is 0.718. The molecule has 1 aliphatic heterocycles. The van der Waals surface area contributed by atoms with E-state index in [1.54, 1.807) is 31.3 Å². The fraction of sp³-hybridized carbons (Fsp3) is 0.286. The smallest absolute Gasteiger partial charge is 0.261 e. The lowest BCUT2D eigenvalue weighted by Crippen LogP contribution is -2.30. The molecule has 0 aromatic heterocycles. The van der Waals surface area contributed by atoms with Crippen LogP contribution in [0, 0.1) is 0 Å². The van der Waals surface area contributed by atoms with Crippen LogP contribution < -0.4 is 9.47 Å². The maximum Gasteiger partial charge on any atom is 0.261 e. The molecule has 2 aromatic rings. The molecule has 2 aromatic carbocycles. The standard InChI is InChI=1S/C21H22N2O5/c1-5-23(12-13-6-9-17(27-3)18(10-13)28-4)19(24)14-7-8-15-16(11-14)21(26)22(2)20(15)25/h6-11H,5,12H2,1-4H3. The van der Waals surface area contributed by atoms with E-state index in [2.05, 4.69) is 0 Å². The van der Waals surface area contributed by atoms with Crippen LogP contribution in [-0.2, 0) is 6.54 Å². The Balaban J connectivity index is 1.85. The number of hydrogen-bond donors (Lipinski definition) is 0. The van der Waals surface area contributed by atoms with E-state index in [0.29, 0.717) is 35.7 Å². The van der Waals surface area contributed by atoms with E-state index in [-0.39, 0.29) is 17.4 Å². The van der Waals surface area contributed by atoms with Crippen molar-refractivity contribution in [3.63, 3.8) is 0 Å². The molecule has 0 spiro atoms. The lowest BCUT2D eigenvalue weighted by molar-refractivity contribution is 0.0692. The number of fused-ring (bicyclic) bond motifs is 1. The molecule has 0 atom stereocenters. The van der Waals surface area contributed by atoms with Crippen molar-refractivity contribution >= 4 is 17.7 Å². The number of methoxy groups -OCH3 is 2. The van der Waals surface area contributed by atoms with Gasteiger partial charge in [-0.1, -0.05) is 6.07 Å². The molecule has 28 heavy (non-hydrogen) atoms. The Morgan fingerprint density at radius 2 is 1.64 bits per heavy atom. The van der Waals surface area contributed by atoms with Crippen molar-refractivity contribution in [3.05, 3.63) is 58.7 Å². The van der Waals surface area contributed by atoms with Gasteiger partial charge in [0.25, 0.3) is 17.7 Å². The second kappa shape index (κ2) is 7.72. The number of nitrogens with zero attached hydrogens (tertiary/aromatic N) is 2. The van der Waals surface area contributed by atoms with Crippen LogP contribution in [-0.4, -0.2) is 55.3 Å². The van der Waals surface area contributed by atoms with Gasteiger partial charge in [0.05, 0.1) is 25.3 Å². The number of hydrogen-bond acceptors (Lipinski definition) is 5. The highest BCUT2D eigenvalue weighted by Gasteiger charge is 2.33. The van der Waals surface area contributed by atoms with E-state index < -0.39 is 5.91 Å². The summed E-state index contributed by atoms with van der Waals surface area (Å²) in [6.45, 7) is 2.74. The van der Waals surface area contributed by atoms with Gasteiger partial charge in [0.15, 0.2) is 11.5 Å². The summed E-state index contributed by atoms with van der Waals surface area (Å²) in [5.74, 6) is 0.254. The van der Waals surface area contributed by atoms with Crippen molar-refractivity contribution in [2.45, 2.75) is 13.5 Å². The van der Waals surface area contributed by atoms with Gasteiger partial charge >= 0.3 is 0 Å². The second-order valence-electron chi connectivity index (χ2n) is 6.44. The van der Waals surface area contributed by atoms with Crippen LogP contribution in [0.5, 0.6) is 11.5 Å². The molecule has 1 heterocycles. The van der Waals surface area contributed by atoms with Crippen molar-refractivity contribution < 1.29 is 23.9 Å². The van der Waals surface area contributed by atoms with Crippen LogP contribution in [0.1, 0.15) is 43.6 Å². The summed E-state index contributed by atoms with van der Waals surface area (Å²) in [6.07, 6.45) is 0. The van der Waals surface area contributed by atoms with Crippen molar-refractivity contribution in [2.24, 2.45) is 0 Å². The number of benzene rings is 2. The minimum absolute atomic E-state index is 0.213. The molecule has 0 saturated carbocycles. The number of rotatable bonds is 6. The van der Waals surface area contributed by atoms with Crippen molar-refractivity contribution in [2.75, 3.05) is 27.8 Å². The van der Waals surface area contributed by atoms with Crippen LogP contribution >= 0.6 is 0 Å². The zero-order chi connectivity index (χ0) is 20.4. The molecule has 0 saturated heterocycles. The molecule has 146 valence electrons. The molecular weight excluding hydrogens is 360 g/mol. The first-order valence-electron chi connectivity index (χ1n) is 8.87. The maximum absolute atomic E-state index is 13.0. The molecule has 7 nitrogen and oxygen atoms in total. The summed E-state index contributed by atoms with van der Waals surface area (Å²) in [4.78, 5) is 39.9. The van der Waals surface area contributed by atoms with Gasteiger partial charge in [0.2, 0.25) is 0 Å². The lowest BCUT2D eigenvalue weighted by atomic mass is 10.0. The molecule has 0 bridgehead atoms. The van der Waals surface area contributed by atoms with Gasteiger partial charge < -0.3 is 14.4 Å². The molecule has 0 unspecified atom stereocenters. The van der Waals surface area contributed by atoms with E-state index in [0.717, 1.165) is 10.5 Å². The SMILES string of the molecule is CCN(Cc1ccc(OC)c(OC)c1)C(=O)c1ccc2c(c1)C(=O)N(C)C2=O. The van der Waals surface area contributed by atoms with E-state index in [1.807, 2.05) is 19.1 Å². The van der Waals surface area contributed by atoms with Crippen LogP contribution in [0.15, 0.2) is 36.4 Å². The Hall–Kier alpha value is -3.35. The van der Waals surface area contributed by atoms with Gasteiger partial charge in [-0.05, 0) is 42.8 Å². The number of carbonyl (C=O) groups is 3.